The first-order chi connectivity index (χ1) is 9.36. The second-order valence-corrected chi connectivity index (χ2v) is 6.88. The Labute approximate surface area is 120 Å². The molecule has 2 fully saturated rings. The van der Waals surface area contributed by atoms with Crippen molar-refractivity contribution in [3.63, 3.8) is 0 Å². The van der Waals surface area contributed by atoms with Crippen LogP contribution in [-0.4, -0.2) is 49.2 Å². The number of hydrogen-bond acceptors (Lipinski definition) is 4. The van der Waals surface area contributed by atoms with Gasteiger partial charge in [0.1, 0.15) is 11.9 Å². The minimum Gasteiger partial charge on any atom is -0.444 e. The number of piperidine rings is 1. The van der Waals surface area contributed by atoms with Gasteiger partial charge in [-0.25, -0.2) is 4.79 Å². The highest BCUT2D eigenvalue weighted by Crippen LogP contribution is 2.41. The number of likely N-dealkylation sites (tertiary alicyclic amines) is 1. The number of carbonyl (C=O) groups is 2. The molecule has 5 nitrogen and oxygen atoms in total. The maximum atomic E-state index is 12.0. The van der Waals surface area contributed by atoms with E-state index in [0.29, 0.717) is 38.5 Å². The lowest BCUT2D eigenvalue weighted by Crippen LogP contribution is -2.48. The third-order valence-corrected chi connectivity index (χ3v) is 4.32. The highest BCUT2D eigenvalue weighted by Gasteiger charge is 2.44. The Balaban J connectivity index is 1.93. The van der Waals surface area contributed by atoms with Gasteiger partial charge in [-0.15, -0.1) is 0 Å². The molecule has 2 saturated heterocycles. The molecular formula is C15H25NO4. The molecule has 0 bridgehead atoms. The maximum Gasteiger partial charge on any atom is 0.410 e. The fourth-order valence-corrected chi connectivity index (χ4v) is 3.04. The predicted molar refractivity (Wildman–Crippen MR) is 74.5 cm³/mol. The molecule has 2 heterocycles. The van der Waals surface area contributed by atoms with Gasteiger partial charge in [0.2, 0.25) is 0 Å². The van der Waals surface area contributed by atoms with Crippen LogP contribution in [0.4, 0.5) is 4.79 Å². The topological polar surface area (TPSA) is 55.8 Å². The molecule has 2 aliphatic heterocycles. The molecule has 0 spiro atoms. The Hall–Kier alpha value is -1.10. The van der Waals surface area contributed by atoms with Crippen molar-refractivity contribution >= 4 is 12.4 Å². The van der Waals surface area contributed by atoms with Crippen LogP contribution >= 0.6 is 0 Å². The first kappa shape index (κ1) is 15.3. The second kappa shape index (κ2) is 5.72. The van der Waals surface area contributed by atoms with E-state index in [9.17, 15) is 9.59 Å². The Morgan fingerprint density at radius 2 is 2.00 bits per heavy atom. The van der Waals surface area contributed by atoms with Crippen LogP contribution in [0.15, 0.2) is 0 Å². The van der Waals surface area contributed by atoms with E-state index >= 15 is 0 Å². The highest BCUT2D eigenvalue weighted by atomic mass is 16.6. The van der Waals surface area contributed by atoms with E-state index < -0.39 is 5.60 Å². The molecule has 2 rings (SSSR count). The smallest absolute Gasteiger partial charge is 0.410 e. The van der Waals surface area contributed by atoms with Crippen LogP contribution < -0.4 is 0 Å². The summed E-state index contributed by atoms with van der Waals surface area (Å²) in [7, 11) is 0. The van der Waals surface area contributed by atoms with Crippen molar-refractivity contribution in [2.75, 3.05) is 26.3 Å². The molecule has 1 unspecified atom stereocenters. The van der Waals surface area contributed by atoms with Gasteiger partial charge in [0, 0.05) is 25.1 Å². The van der Waals surface area contributed by atoms with Crippen molar-refractivity contribution in [2.24, 2.45) is 11.3 Å². The van der Waals surface area contributed by atoms with E-state index in [-0.39, 0.29) is 11.5 Å². The fourth-order valence-electron chi connectivity index (χ4n) is 3.04. The van der Waals surface area contributed by atoms with Crippen molar-refractivity contribution < 1.29 is 19.1 Å². The monoisotopic (exact) mass is 283 g/mol. The Bertz CT molecular complexity index is 361. The largest absolute Gasteiger partial charge is 0.444 e. The highest BCUT2D eigenvalue weighted by molar-refractivity contribution is 5.69. The van der Waals surface area contributed by atoms with Gasteiger partial charge in [0.15, 0.2) is 0 Å². The van der Waals surface area contributed by atoms with Crippen molar-refractivity contribution in [2.45, 2.75) is 45.6 Å². The number of amides is 1. The zero-order chi connectivity index (χ0) is 14.8. The Morgan fingerprint density at radius 3 is 2.45 bits per heavy atom. The predicted octanol–water partition coefficient (Wildman–Crippen LogP) is 2.24. The van der Waals surface area contributed by atoms with Gasteiger partial charge in [0.05, 0.1) is 6.61 Å². The number of nitrogens with zero attached hydrogens (tertiary/aromatic N) is 1. The van der Waals surface area contributed by atoms with Gasteiger partial charge in [-0.2, -0.15) is 0 Å². The molecule has 114 valence electrons. The molecule has 0 aromatic heterocycles. The van der Waals surface area contributed by atoms with Gasteiger partial charge in [-0.3, -0.25) is 0 Å². The zero-order valence-electron chi connectivity index (χ0n) is 12.7. The Morgan fingerprint density at radius 1 is 1.35 bits per heavy atom. The number of hydrogen-bond donors (Lipinski definition) is 0. The molecule has 0 aromatic rings. The lowest BCUT2D eigenvalue weighted by Gasteiger charge is -2.41. The lowest BCUT2D eigenvalue weighted by atomic mass is 9.69. The normalized spacial score (nSPS) is 26.4. The summed E-state index contributed by atoms with van der Waals surface area (Å²) in [5.74, 6) is 0.306. The summed E-state index contributed by atoms with van der Waals surface area (Å²) < 4.78 is 10.8. The van der Waals surface area contributed by atoms with Crippen molar-refractivity contribution in [1.82, 2.24) is 4.90 Å². The molecule has 0 saturated carbocycles. The summed E-state index contributed by atoms with van der Waals surface area (Å²) in [4.78, 5) is 25.3. The first-order valence-corrected chi connectivity index (χ1v) is 7.38. The molecule has 5 heteroatoms. The van der Waals surface area contributed by atoms with Gasteiger partial charge in [0.25, 0.3) is 0 Å². The molecule has 0 aromatic carbocycles. The molecule has 0 radical (unpaired) electrons. The minimum atomic E-state index is -0.477. The third-order valence-electron chi connectivity index (χ3n) is 4.32. The van der Waals surface area contributed by atoms with Crippen LogP contribution in [-0.2, 0) is 14.3 Å². The molecule has 0 N–H and O–H groups in total. The summed E-state index contributed by atoms with van der Waals surface area (Å²) in [5.41, 5.74) is -0.787. The molecule has 20 heavy (non-hydrogen) atoms. The zero-order valence-corrected chi connectivity index (χ0v) is 12.7. The van der Waals surface area contributed by atoms with Crippen LogP contribution in [0, 0.1) is 11.3 Å². The van der Waals surface area contributed by atoms with Crippen LogP contribution in [0.1, 0.15) is 40.0 Å². The number of aldehydes is 1. The van der Waals surface area contributed by atoms with E-state index in [1.165, 1.54) is 0 Å². The van der Waals surface area contributed by atoms with Gasteiger partial charge in [-0.1, -0.05) is 0 Å². The van der Waals surface area contributed by atoms with E-state index in [1.807, 2.05) is 20.8 Å². The summed E-state index contributed by atoms with van der Waals surface area (Å²) in [6.07, 6.45) is 3.19. The van der Waals surface area contributed by atoms with Gasteiger partial charge >= 0.3 is 6.09 Å². The standard InChI is InChI=1S/C15H25NO4/c1-14(2,3)20-13(18)16-7-5-15(11-17,6-8-16)12-4-9-19-10-12/h11-12H,4-10H2,1-3H3. The minimum absolute atomic E-state index is 0.278. The van der Waals surface area contributed by atoms with Crippen molar-refractivity contribution in [3.05, 3.63) is 0 Å². The van der Waals surface area contributed by atoms with Crippen LogP contribution in [0.5, 0.6) is 0 Å². The van der Waals surface area contributed by atoms with Crippen molar-refractivity contribution in [3.8, 4) is 0 Å². The quantitative estimate of drug-likeness (QED) is 0.729. The molecule has 1 amide bonds. The third kappa shape index (κ3) is 3.32. The van der Waals surface area contributed by atoms with Crippen LogP contribution in [0.3, 0.4) is 0 Å². The first-order valence-electron chi connectivity index (χ1n) is 7.38. The van der Waals surface area contributed by atoms with E-state index in [1.54, 1.807) is 4.90 Å². The lowest BCUT2D eigenvalue weighted by molar-refractivity contribution is -0.122. The van der Waals surface area contributed by atoms with Crippen LogP contribution in [0.25, 0.3) is 0 Å². The summed E-state index contributed by atoms with van der Waals surface area (Å²) in [6.45, 7) is 8.18. The van der Waals surface area contributed by atoms with Crippen LogP contribution in [0.2, 0.25) is 0 Å². The molecule has 1 atom stereocenters. The Kier molecular flexibility index (Phi) is 4.37. The van der Waals surface area contributed by atoms with Crippen molar-refractivity contribution in [1.29, 1.82) is 0 Å². The molecule has 2 aliphatic rings. The SMILES string of the molecule is CC(C)(C)OC(=O)N1CCC(C=O)(C2CCOC2)CC1. The summed E-state index contributed by atoms with van der Waals surface area (Å²) >= 11 is 0. The average Bonchev–Trinajstić information content (AvgIpc) is 2.91. The summed E-state index contributed by atoms with van der Waals surface area (Å²) in [5, 5.41) is 0. The number of carbonyl (C=O) groups excluding carboxylic acids is 2. The summed E-state index contributed by atoms with van der Waals surface area (Å²) in [6, 6.07) is 0. The molecular weight excluding hydrogens is 258 g/mol. The number of ether oxygens (including phenoxy) is 2. The number of rotatable bonds is 2. The fraction of sp³-hybridized carbons (Fsp3) is 0.867. The van der Waals surface area contributed by atoms with Gasteiger partial charge in [-0.05, 0) is 46.0 Å². The average molecular weight is 283 g/mol. The van der Waals surface area contributed by atoms with E-state index in [4.69, 9.17) is 9.47 Å². The molecule has 0 aliphatic carbocycles. The van der Waals surface area contributed by atoms with E-state index in [2.05, 4.69) is 0 Å². The van der Waals surface area contributed by atoms with E-state index in [0.717, 1.165) is 19.3 Å². The van der Waals surface area contributed by atoms with Gasteiger partial charge < -0.3 is 19.2 Å². The maximum absolute atomic E-state index is 12.0. The second-order valence-electron chi connectivity index (χ2n) is 6.88.